The Balaban J connectivity index is 2.19. The summed E-state index contributed by atoms with van der Waals surface area (Å²) in [6, 6.07) is 0. The van der Waals surface area contributed by atoms with Gasteiger partial charge in [0.05, 0.1) is 36.1 Å². The van der Waals surface area contributed by atoms with Gasteiger partial charge in [-0.1, -0.05) is 12.7 Å². The Bertz CT molecular complexity index is 750. The number of nitrogens with zero attached hydrogens (tertiary/aromatic N) is 5. The maximum absolute atomic E-state index is 5.22. The van der Waals surface area contributed by atoms with E-state index in [1.807, 2.05) is 0 Å². The minimum Gasteiger partial charge on any atom is -0.480 e. The predicted octanol–water partition coefficient (Wildman–Crippen LogP) is 1.84. The number of methoxy groups -OCH3 is 1. The predicted molar refractivity (Wildman–Crippen MR) is 70.7 cm³/mol. The normalized spacial score (nSPS) is 10.6. The Kier molecular flexibility index (Phi) is 2.68. The average molecular weight is 253 g/mol. The van der Waals surface area contributed by atoms with Gasteiger partial charge in [0.2, 0.25) is 5.88 Å². The zero-order valence-corrected chi connectivity index (χ0v) is 10.3. The van der Waals surface area contributed by atoms with Crippen LogP contribution in [0.5, 0.6) is 5.88 Å². The number of fused-ring (bicyclic) bond motifs is 1. The van der Waals surface area contributed by atoms with Crippen molar-refractivity contribution < 1.29 is 4.74 Å². The van der Waals surface area contributed by atoms with Crippen LogP contribution in [-0.4, -0.2) is 31.7 Å². The first kappa shape index (κ1) is 11.3. The van der Waals surface area contributed by atoms with Gasteiger partial charge in [-0.2, -0.15) is 10.1 Å². The zero-order valence-electron chi connectivity index (χ0n) is 10.3. The fourth-order valence-electron chi connectivity index (χ4n) is 1.82. The molecule has 0 saturated carbocycles. The van der Waals surface area contributed by atoms with Gasteiger partial charge >= 0.3 is 0 Å². The minimum absolute atomic E-state index is 0.489. The number of hydrogen-bond acceptors (Lipinski definition) is 5. The molecule has 19 heavy (non-hydrogen) atoms. The summed E-state index contributed by atoms with van der Waals surface area (Å²) in [6.07, 6.45) is 10.2. The fraction of sp³-hybridized carbons (Fsp3) is 0.0769. The number of aromatic nitrogens is 5. The Labute approximate surface area is 109 Å². The van der Waals surface area contributed by atoms with Crippen LogP contribution in [0.4, 0.5) is 0 Å². The lowest BCUT2D eigenvalue weighted by Gasteiger charge is -2.04. The van der Waals surface area contributed by atoms with E-state index < -0.39 is 0 Å². The van der Waals surface area contributed by atoms with Crippen molar-refractivity contribution in [3.8, 4) is 17.3 Å². The molecule has 0 unspecified atom stereocenters. The van der Waals surface area contributed by atoms with E-state index >= 15 is 0 Å². The highest BCUT2D eigenvalue weighted by Gasteiger charge is 2.12. The standard InChI is InChI=1S/C13H11N5O/c1-3-9-6-15-12(17-13(9)19-2)10-7-16-18-5-4-14-8-11(10)18/h3-8H,1H2,2H3. The molecule has 0 bridgehead atoms. The molecule has 0 aliphatic carbocycles. The molecule has 6 heteroatoms. The van der Waals surface area contributed by atoms with Gasteiger partial charge in [-0.15, -0.1) is 0 Å². The highest BCUT2D eigenvalue weighted by Crippen LogP contribution is 2.24. The summed E-state index contributed by atoms with van der Waals surface area (Å²) in [5.74, 6) is 1.04. The molecule has 0 amide bonds. The van der Waals surface area contributed by atoms with Gasteiger partial charge in [0, 0.05) is 18.6 Å². The van der Waals surface area contributed by atoms with Crippen molar-refractivity contribution in [1.29, 1.82) is 0 Å². The summed E-state index contributed by atoms with van der Waals surface area (Å²) in [5, 5.41) is 4.23. The molecule has 3 aromatic heterocycles. The Morgan fingerprint density at radius 2 is 2.21 bits per heavy atom. The molecular formula is C13H11N5O. The first-order valence-corrected chi connectivity index (χ1v) is 5.64. The molecule has 3 aromatic rings. The van der Waals surface area contributed by atoms with Gasteiger partial charge in [0.15, 0.2) is 5.82 Å². The molecule has 0 saturated heterocycles. The second-order valence-corrected chi connectivity index (χ2v) is 3.83. The molecule has 3 rings (SSSR count). The monoisotopic (exact) mass is 253 g/mol. The van der Waals surface area contributed by atoms with Crippen molar-refractivity contribution in [3.05, 3.63) is 43.1 Å². The molecule has 0 aliphatic rings. The molecule has 0 aliphatic heterocycles. The minimum atomic E-state index is 0.489. The summed E-state index contributed by atoms with van der Waals surface area (Å²) in [7, 11) is 1.57. The van der Waals surface area contributed by atoms with E-state index in [9.17, 15) is 0 Å². The van der Waals surface area contributed by atoms with Gasteiger partial charge in [0.25, 0.3) is 0 Å². The van der Waals surface area contributed by atoms with Crippen LogP contribution in [0.25, 0.3) is 23.0 Å². The lowest BCUT2D eigenvalue weighted by Crippen LogP contribution is -1.96. The van der Waals surface area contributed by atoms with Crippen molar-refractivity contribution in [1.82, 2.24) is 24.6 Å². The molecule has 0 spiro atoms. The largest absolute Gasteiger partial charge is 0.480 e. The highest BCUT2D eigenvalue weighted by molar-refractivity contribution is 5.75. The van der Waals surface area contributed by atoms with E-state index in [1.54, 1.807) is 48.7 Å². The quantitative estimate of drug-likeness (QED) is 0.712. The maximum atomic E-state index is 5.22. The van der Waals surface area contributed by atoms with Crippen molar-refractivity contribution in [3.63, 3.8) is 0 Å². The molecule has 0 aromatic carbocycles. The van der Waals surface area contributed by atoms with Crippen LogP contribution in [-0.2, 0) is 0 Å². The van der Waals surface area contributed by atoms with Crippen LogP contribution in [0.1, 0.15) is 5.56 Å². The van der Waals surface area contributed by atoms with E-state index in [0.29, 0.717) is 11.7 Å². The molecule has 0 fully saturated rings. The molecule has 0 radical (unpaired) electrons. The van der Waals surface area contributed by atoms with Crippen LogP contribution in [0.2, 0.25) is 0 Å². The van der Waals surface area contributed by atoms with Crippen LogP contribution in [0.3, 0.4) is 0 Å². The third kappa shape index (κ3) is 1.83. The third-order valence-electron chi connectivity index (χ3n) is 2.76. The number of hydrogen-bond donors (Lipinski definition) is 0. The lowest BCUT2D eigenvalue weighted by atomic mass is 10.2. The number of rotatable bonds is 3. The first-order chi connectivity index (χ1) is 9.33. The average Bonchev–Trinajstić information content (AvgIpc) is 2.90. The topological polar surface area (TPSA) is 65.2 Å². The van der Waals surface area contributed by atoms with E-state index in [-0.39, 0.29) is 0 Å². The van der Waals surface area contributed by atoms with Gasteiger partial charge < -0.3 is 4.74 Å². The Hall–Kier alpha value is -2.76. The molecule has 3 heterocycles. The summed E-state index contributed by atoms with van der Waals surface area (Å²) < 4.78 is 6.94. The van der Waals surface area contributed by atoms with Gasteiger partial charge in [0.1, 0.15) is 0 Å². The van der Waals surface area contributed by atoms with Crippen molar-refractivity contribution >= 4 is 11.6 Å². The van der Waals surface area contributed by atoms with E-state index in [2.05, 4.69) is 26.6 Å². The van der Waals surface area contributed by atoms with Crippen LogP contribution >= 0.6 is 0 Å². The molecule has 0 N–H and O–H groups in total. The Morgan fingerprint density at radius 3 is 3.00 bits per heavy atom. The second kappa shape index (κ2) is 4.49. The van der Waals surface area contributed by atoms with Gasteiger partial charge in [-0.25, -0.2) is 9.50 Å². The summed E-state index contributed by atoms with van der Waals surface area (Å²) in [6.45, 7) is 3.70. The Morgan fingerprint density at radius 1 is 1.32 bits per heavy atom. The molecule has 94 valence electrons. The third-order valence-corrected chi connectivity index (χ3v) is 2.76. The first-order valence-electron chi connectivity index (χ1n) is 5.64. The van der Waals surface area contributed by atoms with Crippen molar-refractivity contribution in [2.24, 2.45) is 0 Å². The number of ether oxygens (including phenoxy) is 1. The van der Waals surface area contributed by atoms with Gasteiger partial charge in [-0.05, 0) is 0 Å². The molecule has 0 atom stereocenters. The summed E-state index contributed by atoms with van der Waals surface area (Å²) in [5.41, 5.74) is 2.40. The summed E-state index contributed by atoms with van der Waals surface area (Å²) in [4.78, 5) is 12.8. The van der Waals surface area contributed by atoms with Crippen molar-refractivity contribution in [2.75, 3.05) is 7.11 Å². The van der Waals surface area contributed by atoms with E-state index in [1.165, 1.54) is 0 Å². The van der Waals surface area contributed by atoms with Crippen molar-refractivity contribution in [2.45, 2.75) is 0 Å². The smallest absolute Gasteiger partial charge is 0.224 e. The van der Waals surface area contributed by atoms with Crippen LogP contribution in [0, 0.1) is 0 Å². The summed E-state index contributed by atoms with van der Waals surface area (Å²) >= 11 is 0. The van der Waals surface area contributed by atoms with Gasteiger partial charge in [-0.3, -0.25) is 4.98 Å². The lowest BCUT2D eigenvalue weighted by molar-refractivity contribution is 0.396. The zero-order chi connectivity index (χ0) is 13.2. The maximum Gasteiger partial charge on any atom is 0.224 e. The van der Waals surface area contributed by atoms with E-state index in [4.69, 9.17) is 4.74 Å². The van der Waals surface area contributed by atoms with Crippen LogP contribution in [0.15, 0.2) is 37.6 Å². The second-order valence-electron chi connectivity index (χ2n) is 3.83. The highest BCUT2D eigenvalue weighted by atomic mass is 16.5. The SMILES string of the molecule is C=Cc1cnc(-c2cnn3ccncc23)nc1OC. The molecule has 6 nitrogen and oxygen atoms in total. The molecular weight excluding hydrogens is 242 g/mol. The van der Waals surface area contributed by atoms with E-state index in [0.717, 1.165) is 16.6 Å². The fourth-order valence-corrected chi connectivity index (χ4v) is 1.82. The van der Waals surface area contributed by atoms with Crippen LogP contribution < -0.4 is 4.74 Å².